The van der Waals surface area contributed by atoms with Crippen LogP contribution in [0.4, 0.5) is 4.79 Å². The molecule has 0 radical (unpaired) electrons. The van der Waals surface area contributed by atoms with Crippen LogP contribution in [0.3, 0.4) is 0 Å². The number of carbonyl (C=O) groups is 4. The third-order valence-corrected chi connectivity index (χ3v) is 2.98. The van der Waals surface area contributed by atoms with Crippen molar-refractivity contribution in [3.05, 3.63) is 0 Å². The van der Waals surface area contributed by atoms with E-state index in [2.05, 4.69) is 10.1 Å². The van der Waals surface area contributed by atoms with E-state index in [1.165, 1.54) is 7.11 Å². The van der Waals surface area contributed by atoms with Crippen LogP contribution in [0.15, 0.2) is 0 Å². The molecule has 0 saturated carbocycles. The Morgan fingerprint density at radius 3 is 2.20 bits per heavy atom. The van der Waals surface area contributed by atoms with Crippen LogP contribution in [-0.4, -0.2) is 65.8 Å². The van der Waals surface area contributed by atoms with E-state index < -0.39 is 48.7 Å². The molecule has 0 unspecified atom stereocenters. The van der Waals surface area contributed by atoms with Crippen molar-refractivity contribution in [2.45, 2.75) is 58.6 Å². The molecule has 2 amide bonds. The lowest BCUT2D eigenvalue weighted by Crippen LogP contribution is -2.51. The summed E-state index contributed by atoms with van der Waals surface area (Å²) in [5.74, 6) is -2.66. The molecule has 9 heteroatoms. The highest BCUT2D eigenvalue weighted by molar-refractivity contribution is 5.88. The minimum Gasteiger partial charge on any atom is -0.480 e. The third-order valence-electron chi connectivity index (χ3n) is 2.98. The number of carboxylic acid groups (broad SMARTS) is 1. The lowest BCUT2D eigenvalue weighted by molar-refractivity contribution is -0.155. The van der Waals surface area contributed by atoms with E-state index >= 15 is 0 Å². The lowest BCUT2D eigenvalue weighted by atomic mass is 10.1. The van der Waals surface area contributed by atoms with Gasteiger partial charge in [0.1, 0.15) is 24.7 Å². The van der Waals surface area contributed by atoms with Crippen molar-refractivity contribution >= 4 is 23.9 Å². The maximum atomic E-state index is 12.3. The molecule has 9 nitrogen and oxygen atoms in total. The van der Waals surface area contributed by atoms with Crippen molar-refractivity contribution in [3.8, 4) is 0 Å². The van der Waals surface area contributed by atoms with Gasteiger partial charge in [-0.15, -0.1) is 0 Å². The van der Waals surface area contributed by atoms with Crippen molar-refractivity contribution in [2.75, 3.05) is 20.2 Å². The topological polar surface area (TPSA) is 122 Å². The number of rotatable bonds is 9. The van der Waals surface area contributed by atoms with Crippen LogP contribution in [0.1, 0.15) is 47.0 Å². The highest BCUT2D eigenvalue weighted by Gasteiger charge is 2.27. The van der Waals surface area contributed by atoms with Gasteiger partial charge in [0.05, 0.1) is 7.11 Å². The minimum absolute atomic E-state index is 0.349. The third kappa shape index (κ3) is 10.2. The fourth-order valence-corrected chi connectivity index (χ4v) is 1.93. The molecule has 0 aromatic rings. The van der Waals surface area contributed by atoms with Crippen LogP contribution in [-0.2, 0) is 23.9 Å². The first-order valence-electron chi connectivity index (χ1n) is 8.07. The zero-order chi connectivity index (χ0) is 19.6. The molecule has 0 aromatic heterocycles. The van der Waals surface area contributed by atoms with Gasteiger partial charge in [-0.25, -0.2) is 9.59 Å². The Balaban J connectivity index is 5.04. The Morgan fingerprint density at radius 2 is 1.76 bits per heavy atom. The molecule has 0 aromatic carbocycles. The molecule has 0 fully saturated rings. The van der Waals surface area contributed by atoms with Crippen molar-refractivity contribution in [1.29, 1.82) is 0 Å². The molecule has 2 N–H and O–H groups in total. The van der Waals surface area contributed by atoms with Gasteiger partial charge in [0.2, 0.25) is 0 Å². The Morgan fingerprint density at radius 1 is 1.16 bits per heavy atom. The molecule has 0 bridgehead atoms. The molecule has 0 spiro atoms. The van der Waals surface area contributed by atoms with Gasteiger partial charge in [0.15, 0.2) is 0 Å². The van der Waals surface area contributed by atoms with Crippen LogP contribution < -0.4 is 5.32 Å². The van der Waals surface area contributed by atoms with Crippen LogP contribution in [0.2, 0.25) is 0 Å². The number of ether oxygens (including phenoxy) is 2. The fraction of sp³-hybridized carbons (Fsp3) is 0.750. The summed E-state index contributed by atoms with van der Waals surface area (Å²) in [4.78, 5) is 47.7. The number of carbonyl (C=O) groups excluding carboxylic acids is 3. The normalized spacial score (nSPS) is 12.0. The number of methoxy groups -OCH3 is 1. The molecule has 0 heterocycles. The lowest BCUT2D eigenvalue weighted by Gasteiger charge is -2.26. The number of carboxylic acids is 1. The number of aliphatic carboxylic acids is 1. The van der Waals surface area contributed by atoms with Crippen LogP contribution in [0.5, 0.6) is 0 Å². The summed E-state index contributed by atoms with van der Waals surface area (Å²) in [5.41, 5.74) is -0.766. The molecular formula is C16H28N2O7. The number of esters is 2. The van der Waals surface area contributed by atoms with E-state index in [9.17, 15) is 19.2 Å². The second-order valence-corrected chi connectivity index (χ2v) is 6.50. The van der Waals surface area contributed by atoms with E-state index in [1.807, 2.05) is 6.92 Å². The smallest absolute Gasteiger partial charge is 0.328 e. The van der Waals surface area contributed by atoms with Gasteiger partial charge >= 0.3 is 23.9 Å². The van der Waals surface area contributed by atoms with E-state index in [4.69, 9.17) is 9.84 Å². The summed E-state index contributed by atoms with van der Waals surface area (Å²) in [7, 11) is 1.20. The molecule has 0 aliphatic rings. The highest BCUT2D eigenvalue weighted by Crippen LogP contribution is 2.08. The maximum absolute atomic E-state index is 12.3. The predicted octanol–water partition coefficient (Wildman–Crippen LogP) is 1.16. The standard InChI is InChI=1S/C16H28N2O7/c1-6-7-8-11(14(22)24-5)17-15(23)18(9-12(19)20)10-13(21)25-16(2,3)4/h11H,6-10H2,1-5H3,(H,17,23)(H,19,20)/t11-/m0/s1. The van der Waals surface area contributed by atoms with Crippen LogP contribution >= 0.6 is 0 Å². The fourth-order valence-electron chi connectivity index (χ4n) is 1.93. The number of hydrogen-bond acceptors (Lipinski definition) is 6. The Labute approximate surface area is 147 Å². The number of nitrogens with one attached hydrogen (secondary N) is 1. The molecule has 0 rings (SSSR count). The van der Waals surface area contributed by atoms with Gasteiger partial charge in [-0.05, 0) is 27.2 Å². The van der Waals surface area contributed by atoms with Gasteiger partial charge in [0, 0.05) is 0 Å². The molecular weight excluding hydrogens is 332 g/mol. The molecule has 1 atom stereocenters. The molecule has 0 saturated heterocycles. The molecule has 144 valence electrons. The van der Waals surface area contributed by atoms with E-state index in [0.717, 1.165) is 11.3 Å². The maximum Gasteiger partial charge on any atom is 0.328 e. The van der Waals surface area contributed by atoms with Crippen molar-refractivity contribution in [3.63, 3.8) is 0 Å². The summed E-state index contributed by atoms with van der Waals surface area (Å²) in [5, 5.41) is 11.4. The Hall–Kier alpha value is -2.32. The van der Waals surface area contributed by atoms with Gasteiger partial charge in [-0.1, -0.05) is 19.8 Å². The zero-order valence-corrected chi connectivity index (χ0v) is 15.5. The van der Waals surface area contributed by atoms with Gasteiger partial charge < -0.3 is 24.8 Å². The number of unbranched alkanes of at least 4 members (excludes halogenated alkanes) is 1. The highest BCUT2D eigenvalue weighted by atomic mass is 16.6. The van der Waals surface area contributed by atoms with Crippen molar-refractivity contribution in [1.82, 2.24) is 10.2 Å². The SMILES string of the molecule is CCCC[C@H](NC(=O)N(CC(=O)O)CC(=O)OC(C)(C)C)C(=O)OC. The van der Waals surface area contributed by atoms with Gasteiger partial charge in [-0.3, -0.25) is 9.59 Å². The summed E-state index contributed by atoms with van der Waals surface area (Å²) < 4.78 is 9.73. The van der Waals surface area contributed by atoms with Crippen LogP contribution in [0.25, 0.3) is 0 Å². The van der Waals surface area contributed by atoms with Gasteiger partial charge in [0.25, 0.3) is 0 Å². The number of nitrogens with zero attached hydrogens (tertiary/aromatic N) is 1. The first-order chi connectivity index (χ1) is 11.5. The van der Waals surface area contributed by atoms with E-state index in [0.29, 0.717) is 12.8 Å². The summed E-state index contributed by atoms with van der Waals surface area (Å²) >= 11 is 0. The van der Waals surface area contributed by atoms with Crippen molar-refractivity contribution < 1.29 is 33.8 Å². The number of amides is 2. The quantitative estimate of drug-likeness (QED) is 0.591. The zero-order valence-electron chi connectivity index (χ0n) is 15.5. The first kappa shape index (κ1) is 22.7. The summed E-state index contributed by atoms with van der Waals surface area (Å²) in [6, 6.07) is -1.76. The van der Waals surface area contributed by atoms with E-state index in [1.54, 1.807) is 20.8 Å². The average Bonchev–Trinajstić information content (AvgIpc) is 2.47. The van der Waals surface area contributed by atoms with Gasteiger partial charge in [-0.2, -0.15) is 0 Å². The molecule has 0 aliphatic heterocycles. The van der Waals surface area contributed by atoms with Crippen LogP contribution in [0, 0.1) is 0 Å². The molecule has 0 aliphatic carbocycles. The number of urea groups is 1. The summed E-state index contributed by atoms with van der Waals surface area (Å²) in [6.45, 7) is 5.65. The Bertz CT molecular complexity index is 485. The summed E-state index contributed by atoms with van der Waals surface area (Å²) in [6.07, 6.45) is 1.83. The van der Waals surface area contributed by atoms with E-state index in [-0.39, 0.29) is 0 Å². The second kappa shape index (κ2) is 10.5. The van der Waals surface area contributed by atoms with Crippen molar-refractivity contribution in [2.24, 2.45) is 0 Å². The first-order valence-corrected chi connectivity index (χ1v) is 8.07. The predicted molar refractivity (Wildman–Crippen MR) is 88.9 cm³/mol. The molecule has 25 heavy (non-hydrogen) atoms. The minimum atomic E-state index is -1.29. The second-order valence-electron chi connectivity index (χ2n) is 6.50. The largest absolute Gasteiger partial charge is 0.480 e. The monoisotopic (exact) mass is 360 g/mol. The Kier molecular flexibility index (Phi) is 9.55. The average molecular weight is 360 g/mol. The number of hydrogen-bond donors (Lipinski definition) is 2.